The molecule has 12 heavy (non-hydrogen) atoms. The van der Waals surface area contributed by atoms with Gasteiger partial charge in [0.1, 0.15) is 0 Å². The number of carbonyl (C=O) groups excluding carboxylic acids is 1. The van der Waals surface area contributed by atoms with Gasteiger partial charge in [0.15, 0.2) is 5.78 Å². The lowest BCUT2D eigenvalue weighted by molar-refractivity contribution is -0.118. The topological polar surface area (TPSA) is 49.3 Å². The summed E-state index contributed by atoms with van der Waals surface area (Å²) in [5.74, 6) is -0.0608. The van der Waals surface area contributed by atoms with Gasteiger partial charge in [-0.3, -0.25) is 4.79 Å². The van der Waals surface area contributed by atoms with Gasteiger partial charge in [-0.15, -0.1) is 0 Å². The first-order valence-electron chi connectivity index (χ1n) is 3.96. The van der Waals surface area contributed by atoms with E-state index >= 15 is 0 Å². The van der Waals surface area contributed by atoms with Crippen molar-refractivity contribution in [2.75, 3.05) is 7.05 Å². The zero-order chi connectivity index (χ0) is 9.78. The second kappa shape index (κ2) is 4.26. The Morgan fingerprint density at radius 2 is 2.08 bits per heavy atom. The second-order valence-electron chi connectivity index (χ2n) is 3.53. The number of carbonyl (C=O) groups is 1. The largest absolute Gasteiger partial charge is 0.392 e. The third-order valence-corrected chi connectivity index (χ3v) is 1.38. The summed E-state index contributed by atoms with van der Waals surface area (Å²) in [4.78, 5) is 11.2. The molecule has 3 heteroatoms. The van der Waals surface area contributed by atoms with Gasteiger partial charge < -0.3 is 10.4 Å². The fourth-order valence-corrected chi connectivity index (χ4v) is 0.791. The summed E-state index contributed by atoms with van der Waals surface area (Å²) in [5, 5.41) is 12.1. The smallest absolute Gasteiger partial charge is 0.160 e. The lowest BCUT2D eigenvalue weighted by atomic mass is 10.0. The average molecular weight is 171 g/mol. The molecular formula is C9H17NO2. The van der Waals surface area contributed by atoms with Crippen LogP contribution in [0.15, 0.2) is 11.8 Å². The molecule has 0 rings (SSSR count). The van der Waals surface area contributed by atoms with E-state index < -0.39 is 5.60 Å². The highest BCUT2D eigenvalue weighted by Crippen LogP contribution is 2.08. The number of hydrogen-bond acceptors (Lipinski definition) is 3. The highest BCUT2D eigenvalue weighted by atomic mass is 16.3. The predicted molar refractivity (Wildman–Crippen MR) is 48.7 cm³/mol. The van der Waals surface area contributed by atoms with Crippen molar-refractivity contribution >= 4 is 5.78 Å². The maximum Gasteiger partial charge on any atom is 0.160 e. The van der Waals surface area contributed by atoms with E-state index in [1.54, 1.807) is 20.9 Å². The van der Waals surface area contributed by atoms with Crippen molar-refractivity contribution < 1.29 is 9.90 Å². The molecule has 0 atom stereocenters. The minimum atomic E-state index is -0.915. The van der Waals surface area contributed by atoms with Gasteiger partial charge in [0.2, 0.25) is 0 Å². The van der Waals surface area contributed by atoms with E-state index in [1.807, 2.05) is 6.92 Å². The third kappa shape index (κ3) is 5.92. The van der Waals surface area contributed by atoms with E-state index in [1.165, 1.54) is 6.08 Å². The molecule has 0 aliphatic rings. The normalized spacial score (nSPS) is 12.9. The quantitative estimate of drug-likeness (QED) is 0.616. The molecule has 0 aliphatic carbocycles. The van der Waals surface area contributed by atoms with Crippen LogP contribution in [0.2, 0.25) is 0 Å². The van der Waals surface area contributed by atoms with E-state index in [-0.39, 0.29) is 12.2 Å². The minimum Gasteiger partial charge on any atom is -0.392 e. The van der Waals surface area contributed by atoms with Crippen molar-refractivity contribution in [3.63, 3.8) is 0 Å². The van der Waals surface area contributed by atoms with Crippen LogP contribution in [-0.2, 0) is 4.79 Å². The summed E-state index contributed by atoms with van der Waals surface area (Å²) in [6.45, 7) is 5.04. The van der Waals surface area contributed by atoms with Crippen LogP contribution in [0.25, 0.3) is 0 Å². The lowest BCUT2D eigenvalue weighted by Gasteiger charge is -2.14. The molecule has 0 aromatic rings. The van der Waals surface area contributed by atoms with E-state index in [0.717, 1.165) is 5.70 Å². The average Bonchev–Trinajstić information content (AvgIpc) is 1.82. The summed E-state index contributed by atoms with van der Waals surface area (Å²) >= 11 is 0. The molecule has 0 aliphatic heterocycles. The number of aliphatic hydroxyl groups is 1. The highest BCUT2D eigenvalue weighted by Gasteiger charge is 2.16. The molecule has 0 amide bonds. The Balaban J connectivity index is 4.08. The molecule has 0 aromatic carbocycles. The van der Waals surface area contributed by atoms with Crippen molar-refractivity contribution in [2.24, 2.45) is 0 Å². The van der Waals surface area contributed by atoms with Crippen LogP contribution < -0.4 is 5.32 Å². The Morgan fingerprint density at radius 3 is 2.42 bits per heavy atom. The van der Waals surface area contributed by atoms with Gasteiger partial charge in [0, 0.05) is 19.2 Å². The van der Waals surface area contributed by atoms with Crippen LogP contribution in [-0.4, -0.2) is 23.5 Å². The molecular weight excluding hydrogens is 154 g/mol. The van der Waals surface area contributed by atoms with E-state index in [2.05, 4.69) is 5.32 Å². The Labute approximate surface area is 73.5 Å². The van der Waals surface area contributed by atoms with Gasteiger partial charge in [0.25, 0.3) is 0 Å². The molecule has 0 radical (unpaired) electrons. The number of nitrogens with one attached hydrogen (secondary N) is 1. The zero-order valence-corrected chi connectivity index (χ0v) is 8.14. The summed E-state index contributed by atoms with van der Waals surface area (Å²) in [5.41, 5.74) is -0.106. The van der Waals surface area contributed by atoms with E-state index in [9.17, 15) is 9.90 Å². The van der Waals surface area contributed by atoms with Crippen LogP contribution in [0.3, 0.4) is 0 Å². The van der Waals surface area contributed by atoms with Crippen LogP contribution in [0.5, 0.6) is 0 Å². The van der Waals surface area contributed by atoms with Gasteiger partial charge >= 0.3 is 0 Å². The Hall–Kier alpha value is -0.830. The molecule has 0 saturated carbocycles. The van der Waals surface area contributed by atoms with Gasteiger partial charge in [0.05, 0.1) is 5.60 Å². The van der Waals surface area contributed by atoms with Crippen molar-refractivity contribution in [1.29, 1.82) is 0 Å². The molecule has 0 spiro atoms. The summed E-state index contributed by atoms with van der Waals surface area (Å²) in [6, 6.07) is 0. The maximum absolute atomic E-state index is 11.2. The van der Waals surface area contributed by atoms with Crippen LogP contribution in [0.4, 0.5) is 0 Å². The molecule has 0 unspecified atom stereocenters. The first-order valence-corrected chi connectivity index (χ1v) is 3.96. The first-order chi connectivity index (χ1) is 5.35. The SMILES string of the molecule is CN/C(C)=C\C(=O)CC(C)(C)O. The second-order valence-corrected chi connectivity index (χ2v) is 3.53. The van der Waals surface area contributed by atoms with Crippen molar-refractivity contribution in [1.82, 2.24) is 5.32 Å². The standard InChI is InChI=1S/C9H17NO2/c1-7(10-4)5-8(11)6-9(2,3)12/h5,10,12H,6H2,1-4H3/b7-5-. The Morgan fingerprint density at radius 1 is 1.58 bits per heavy atom. The Kier molecular flexibility index (Phi) is 3.96. The summed E-state index contributed by atoms with van der Waals surface area (Å²) < 4.78 is 0. The third-order valence-electron chi connectivity index (χ3n) is 1.38. The zero-order valence-electron chi connectivity index (χ0n) is 8.14. The van der Waals surface area contributed by atoms with Gasteiger partial charge in [-0.2, -0.15) is 0 Å². The molecule has 2 N–H and O–H groups in total. The van der Waals surface area contributed by atoms with Crippen LogP contribution in [0, 0.1) is 0 Å². The fraction of sp³-hybridized carbons (Fsp3) is 0.667. The maximum atomic E-state index is 11.2. The van der Waals surface area contributed by atoms with Gasteiger partial charge in [-0.25, -0.2) is 0 Å². The molecule has 0 fully saturated rings. The van der Waals surface area contributed by atoms with E-state index in [4.69, 9.17) is 0 Å². The van der Waals surface area contributed by atoms with Crippen LogP contribution in [0.1, 0.15) is 27.2 Å². The van der Waals surface area contributed by atoms with E-state index in [0.29, 0.717) is 0 Å². The number of allylic oxidation sites excluding steroid dienone is 2. The van der Waals surface area contributed by atoms with Gasteiger partial charge in [-0.05, 0) is 26.8 Å². The minimum absolute atomic E-state index is 0.0608. The first kappa shape index (κ1) is 11.2. The molecule has 3 nitrogen and oxygen atoms in total. The highest BCUT2D eigenvalue weighted by molar-refractivity contribution is 5.90. The number of hydrogen-bond donors (Lipinski definition) is 2. The Bertz CT molecular complexity index is 189. The molecule has 0 saturated heterocycles. The number of rotatable bonds is 4. The van der Waals surface area contributed by atoms with Gasteiger partial charge in [-0.1, -0.05) is 0 Å². The number of ketones is 1. The van der Waals surface area contributed by atoms with Crippen molar-refractivity contribution in [3.05, 3.63) is 11.8 Å². The summed E-state index contributed by atoms with van der Waals surface area (Å²) in [6.07, 6.45) is 1.66. The van der Waals surface area contributed by atoms with Crippen molar-refractivity contribution in [3.8, 4) is 0 Å². The molecule has 0 bridgehead atoms. The monoisotopic (exact) mass is 171 g/mol. The molecule has 0 aromatic heterocycles. The fourth-order valence-electron chi connectivity index (χ4n) is 0.791. The van der Waals surface area contributed by atoms with Crippen LogP contribution >= 0.6 is 0 Å². The molecule has 70 valence electrons. The molecule has 0 heterocycles. The van der Waals surface area contributed by atoms with Crippen molar-refractivity contribution in [2.45, 2.75) is 32.8 Å². The summed E-state index contributed by atoms with van der Waals surface area (Å²) in [7, 11) is 1.75. The predicted octanol–water partition coefficient (Wildman–Crippen LogP) is 0.840. The lowest BCUT2D eigenvalue weighted by Crippen LogP contribution is -2.22.